The van der Waals surface area contributed by atoms with Crippen LogP contribution in [0.5, 0.6) is 0 Å². The van der Waals surface area contributed by atoms with Crippen molar-refractivity contribution in [1.82, 2.24) is 9.29 Å². The Kier molecular flexibility index (Phi) is 4.86. The van der Waals surface area contributed by atoms with Crippen LogP contribution in [0.4, 0.5) is 0 Å². The van der Waals surface area contributed by atoms with Gasteiger partial charge in [0, 0.05) is 29.1 Å². The van der Waals surface area contributed by atoms with Gasteiger partial charge in [0.05, 0.1) is 10.0 Å². The van der Waals surface area contributed by atoms with E-state index in [0.29, 0.717) is 0 Å². The van der Waals surface area contributed by atoms with Crippen molar-refractivity contribution in [3.8, 4) is 0 Å². The van der Waals surface area contributed by atoms with Gasteiger partial charge in [-0.1, -0.05) is 27.5 Å². The van der Waals surface area contributed by atoms with E-state index >= 15 is 0 Å². The van der Waals surface area contributed by atoms with E-state index in [4.69, 9.17) is 11.6 Å². The molecule has 0 saturated carbocycles. The van der Waals surface area contributed by atoms with Crippen molar-refractivity contribution in [3.63, 3.8) is 0 Å². The molecule has 1 aromatic heterocycles. The zero-order chi connectivity index (χ0) is 14.9. The first kappa shape index (κ1) is 15.9. The number of sulfonamides is 1. The van der Waals surface area contributed by atoms with E-state index < -0.39 is 10.0 Å². The molecule has 1 aromatic carbocycles. The summed E-state index contributed by atoms with van der Waals surface area (Å²) in [5.41, 5.74) is 0. The summed E-state index contributed by atoms with van der Waals surface area (Å²) < 4.78 is 27.0. The third-order valence-electron chi connectivity index (χ3n) is 2.63. The van der Waals surface area contributed by atoms with Gasteiger partial charge >= 0.3 is 0 Å². The van der Waals surface area contributed by atoms with E-state index in [9.17, 15) is 8.42 Å². The van der Waals surface area contributed by atoms with Gasteiger partial charge in [-0.15, -0.1) is 11.3 Å². The molecule has 2 rings (SSSR count). The smallest absolute Gasteiger partial charge is 0.244 e. The van der Waals surface area contributed by atoms with E-state index in [1.807, 2.05) is 6.92 Å². The van der Waals surface area contributed by atoms with Gasteiger partial charge in [0.1, 0.15) is 4.90 Å². The maximum Gasteiger partial charge on any atom is 0.244 e. The summed E-state index contributed by atoms with van der Waals surface area (Å²) in [6, 6.07) is 4.72. The van der Waals surface area contributed by atoms with Crippen LogP contribution >= 0.6 is 38.9 Å². The third-order valence-corrected chi connectivity index (χ3v) is 6.31. The summed E-state index contributed by atoms with van der Waals surface area (Å²) in [6.07, 6.45) is 1.69. The normalized spacial score (nSPS) is 12.1. The summed E-state index contributed by atoms with van der Waals surface area (Å²) in [7, 11) is -2.09. The predicted molar refractivity (Wildman–Crippen MR) is 84.7 cm³/mol. The van der Waals surface area contributed by atoms with E-state index in [1.165, 1.54) is 28.8 Å². The summed E-state index contributed by atoms with van der Waals surface area (Å²) in [6.45, 7) is 2.16. The number of benzene rings is 1. The second-order valence-electron chi connectivity index (χ2n) is 4.18. The first-order chi connectivity index (χ1) is 9.30. The highest BCUT2D eigenvalue weighted by atomic mass is 79.9. The molecular formula is C12H12BrClN2O2S2. The lowest BCUT2D eigenvalue weighted by atomic mass is 10.4. The van der Waals surface area contributed by atoms with Crippen LogP contribution in [0.15, 0.2) is 33.8 Å². The van der Waals surface area contributed by atoms with Crippen LogP contribution in [-0.2, 0) is 16.6 Å². The number of rotatable bonds is 4. The lowest BCUT2D eigenvalue weighted by Gasteiger charge is -2.17. The molecule has 0 unspecified atom stereocenters. The molecule has 0 N–H and O–H groups in total. The van der Waals surface area contributed by atoms with E-state index in [1.54, 1.807) is 18.3 Å². The number of hydrogen-bond donors (Lipinski definition) is 0. The lowest BCUT2D eigenvalue weighted by Crippen LogP contribution is -2.26. The highest BCUT2D eigenvalue weighted by molar-refractivity contribution is 9.10. The fourth-order valence-corrected chi connectivity index (χ4v) is 4.72. The van der Waals surface area contributed by atoms with Crippen molar-refractivity contribution in [3.05, 3.63) is 43.8 Å². The zero-order valence-electron chi connectivity index (χ0n) is 10.8. The molecule has 0 bridgehead atoms. The van der Waals surface area contributed by atoms with Gasteiger partial charge in [-0.25, -0.2) is 13.4 Å². The largest absolute Gasteiger partial charge is 0.250 e. The SMILES string of the molecule is Cc1ncc(CN(C)S(=O)(=O)c2ccc(Br)cc2Cl)s1. The Morgan fingerprint density at radius 1 is 1.45 bits per heavy atom. The average Bonchev–Trinajstić information content (AvgIpc) is 2.74. The summed E-state index contributed by atoms with van der Waals surface area (Å²) in [5.74, 6) is 0. The quantitative estimate of drug-likeness (QED) is 0.793. The molecule has 0 atom stereocenters. The second-order valence-corrected chi connectivity index (χ2v) is 8.84. The van der Waals surface area contributed by atoms with Crippen LogP contribution < -0.4 is 0 Å². The van der Waals surface area contributed by atoms with Crippen LogP contribution in [0.2, 0.25) is 5.02 Å². The zero-order valence-corrected chi connectivity index (χ0v) is 14.8. The van der Waals surface area contributed by atoms with Crippen molar-refractivity contribution < 1.29 is 8.42 Å². The summed E-state index contributed by atoms with van der Waals surface area (Å²) >= 11 is 10.8. The maximum atomic E-state index is 12.5. The number of thiazole rings is 1. The van der Waals surface area contributed by atoms with Crippen molar-refractivity contribution in [1.29, 1.82) is 0 Å². The van der Waals surface area contributed by atoms with Gasteiger partial charge in [0.25, 0.3) is 0 Å². The van der Waals surface area contributed by atoms with Gasteiger partial charge in [-0.05, 0) is 25.1 Å². The van der Waals surface area contributed by atoms with Gasteiger partial charge in [-0.3, -0.25) is 0 Å². The van der Waals surface area contributed by atoms with Crippen LogP contribution in [0.3, 0.4) is 0 Å². The van der Waals surface area contributed by atoms with Crippen LogP contribution in [0.25, 0.3) is 0 Å². The summed E-state index contributed by atoms with van der Waals surface area (Å²) in [4.78, 5) is 5.11. The minimum atomic E-state index is -3.62. The molecule has 4 nitrogen and oxygen atoms in total. The van der Waals surface area contributed by atoms with Crippen molar-refractivity contribution in [2.45, 2.75) is 18.4 Å². The Morgan fingerprint density at radius 2 is 2.15 bits per heavy atom. The Bertz CT molecular complexity index is 731. The van der Waals surface area contributed by atoms with E-state index in [2.05, 4.69) is 20.9 Å². The average molecular weight is 396 g/mol. The molecule has 8 heteroatoms. The molecule has 0 amide bonds. The van der Waals surface area contributed by atoms with Gasteiger partial charge in [-0.2, -0.15) is 4.31 Å². The monoisotopic (exact) mass is 394 g/mol. The maximum absolute atomic E-state index is 12.5. The highest BCUT2D eigenvalue weighted by Gasteiger charge is 2.24. The molecule has 108 valence electrons. The molecule has 20 heavy (non-hydrogen) atoms. The number of aromatic nitrogens is 1. The molecule has 0 aliphatic carbocycles. The number of aryl methyl sites for hydroxylation is 1. The van der Waals surface area contributed by atoms with E-state index in [-0.39, 0.29) is 16.5 Å². The number of hydrogen-bond acceptors (Lipinski definition) is 4. The Labute approximate surface area is 135 Å². The number of nitrogens with zero attached hydrogens (tertiary/aromatic N) is 2. The summed E-state index contributed by atoms with van der Waals surface area (Å²) in [5, 5.41) is 1.11. The molecule has 0 aliphatic heterocycles. The molecule has 0 saturated heterocycles. The fraction of sp³-hybridized carbons (Fsp3) is 0.250. The minimum absolute atomic E-state index is 0.103. The lowest BCUT2D eigenvalue weighted by molar-refractivity contribution is 0.469. The second kappa shape index (κ2) is 6.11. The molecule has 2 aromatic rings. The molecular weight excluding hydrogens is 384 g/mol. The first-order valence-corrected chi connectivity index (χ1v) is 9.06. The Morgan fingerprint density at radius 3 is 2.70 bits per heavy atom. The predicted octanol–water partition coefficient (Wildman–Crippen LogP) is 3.69. The topological polar surface area (TPSA) is 50.3 Å². The van der Waals surface area contributed by atoms with Gasteiger partial charge < -0.3 is 0 Å². The van der Waals surface area contributed by atoms with Crippen molar-refractivity contribution in [2.24, 2.45) is 0 Å². The van der Waals surface area contributed by atoms with Crippen molar-refractivity contribution in [2.75, 3.05) is 7.05 Å². The molecule has 0 aliphatic rings. The van der Waals surface area contributed by atoms with Gasteiger partial charge in [0.2, 0.25) is 10.0 Å². The molecule has 0 spiro atoms. The Balaban J connectivity index is 2.29. The van der Waals surface area contributed by atoms with Crippen LogP contribution in [0, 0.1) is 6.92 Å². The standard InChI is InChI=1S/C12H12BrClN2O2S2/c1-8-15-6-10(19-8)7-16(2)20(17,18)12-4-3-9(13)5-11(12)14/h3-6H,7H2,1-2H3. The molecule has 1 heterocycles. The minimum Gasteiger partial charge on any atom is -0.250 e. The number of halogens is 2. The van der Waals surface area contributed by atoms with Crippen LogP contribution in [-0.4, -0.2) is 24.8 Å². The van der Waals surface area contributed by atoms with E-state index in [0.717, 1.165) is 14.4 Å². The molecule has 0 fully saturated rings. The van der Waals surface area contributed by atoms with Gasteiger partial charge in [0.15, 0.2) is 0 Å². The third kappa shape index (κ3) is 3.40. The fourth-order valence-electron chi connectivity index (χ4n) is 1.64. The Hall–Kier alpha value is -0.470. The molecule has 0 radical (unpaired) electrons. The van der Waals surface area contributed by atoms with Crippen LogP contribution in [0.1, 0.15) is 9.88 Å². The highest BCUT2D eigenvalue weighted by Crippen LogP contribution is 2.28. The first-order valence-electron chi connectivity index (χ1n) is 5.63. The van der Waals surface area contributed by atoms with Crippen molar-refractivity contribution >= 4 is 48.9 Å².